The second-order valence-corrected chi connectivity index (χ2v) is 5.12. The Kier molecular flexibility index (Phi) is 5.80. The van der Waals surface area contributed by atoms with E-state index in [1.54, 1.807) is 12.1 Å². The van der Waals surface area contributed by atoms with Crippen LogP contribution in [0.3, 0.4) is 0 Å². The molecule has 0 unspecified atom stereocenters. The third-order valence-electron chi connectivity index (χ3n) is 3.50. The molecule has 2 rings (SSSR count). The van der Waals surface area contributed by atoms with Gasteiger partial charge in [0.1, 0.15) is 5.82 Å². The molecule has 0 aromatic carbocycles. The third kappa shape index (κ3) is 4.81. The third-order valence-corrected chi connectivity index (χ3v) is 3.50. The van der Waals surface area contributed by atoms with Crippen LogP contribution in [0, 0.1) is 0 Å². The number of aromatic nitrogens is 1. The fraction of sp³-hybridized carbons (Fsp3) is 0.600. The van der Waals surface area contributed by atoms with E-state index in [2.05, 4.69) is 10.3 Å². The molecular formula is C15H22N2O3. The highest BCUT2D eigenvalue weighted by Crippen LogP contribution is 2.20. The number of nitrogens with one attached hydrogen (secondary N) is 1. The lowest BCUT2D eigenvalue weighted by Gasteiger charge is -2.21. The molecule has 1 aliphatic rings. The molecule has 110 valence electrons. The van der Waals surface area contributed by atoms with Crippen LogP contribution in [-0.4, -0.2) is 35.3 Å². The van der Waals surface area contributed by atoms with Crippen molar-refractivity contribution >= 4 is 11.8 Å². The van der Waals surface area contributed by atoms with Gasteiger partial charge in [0.25, 0.3) is 0 Å². The molecule has 0 amide bonds. The van der Waals surface area contributed by atoms with Crippen LogP contribution in [0.2, 0.25) is 0 Å². The van der Waals surface area contributed by atoms with Gasteiger partial charge in [0, 0.05) is 13.2 Å². The minimum absolute atomic E-state index is 0.0634. The Morgan fingerprint density at radius 1 is 1.35 bits per heavy atom. The monoisotopic (exact) mass is 278 g/mol. The van der Waals surface area contributed by atoms with Gasteiger partial charge >= 0.3 is 5.97 Å². The fourth-order valence-corrected chi connectivity index (χ4v) is 2.42. The SMILES string of the molecule is O=C(O)c1cccc(NCCCOC2CCCCC2)n1. The van der Waals surface area contributed by atoms with Gasteiger partial charge in [-0.05, 0) is 31.4 Å². The minimum atomic E-state index is -1.01. The molecule has 0 saturated heterocycles. The highest BCUT2D eigenvalue weighted by molar-refractivity contribution is 5.85. The van der Waals surface area contributed by atoms with Crippen molar-refractivity contribution in [3.05, 3.63) is 23.9 Å². The zero-order valence-electron chi connectivity index (χ0n) is 11.7. The van der Waals surface area contributed by atoms with Crippen molar-refractivity contribution in [1.29, 1.82) is 0 Å². The van der Waals surface area contributed by atoms with E-state index in [0.717, 1.165) is 19.6 Å². The lowest BCUT2D eigenvalue weighted by molar-refractivity contribution is 0.0284. The smallest absolute Gasteiger partial charge is 0.354 e. The summed E-state index contributed by atoms with van der Waals surface area (Å²) in [5.74, 6) is -0.406. The number of rotatable bonds is 7. The number of carboxylic acid groups (broad SMARTS) is 1. The maximum atomic E-state index is 10.8. The van der Waals surface area contributed by atoms with Crippen LogP contribution in [0.5, 0.6) is 0 Å². The number of hydrogen-bond acceptors (Lipinski definition) is 4. The van der Waals surface area contributed by atoms with Gasteiger partial charge in [-0.2, -0.15) is 0 Å². The van der Waals surface area contributed by atoms with Crippen LogP contribution in [0.25, 0.3) is 0 Å². The minimum Gasteiger partial charge on any atom is -0.477 e. The van der Waals surface area contributed by atoms with Crippen molar-refractivity contribution in [3.63, 3.8) is 0 Å². The number of hydrogen-bond donors (Lipinski definition) is 2. The normalized spacial score (nSPS) is 16.0. The van der Waals surface area contributed by atoms with Crippen LogP contribution in [0.15, 0.2) is 18.2 Å². The van der Waals surface area contributed by atoms with Crippen LogP contribution in [-0.2, 0) is 4.74 Å². The lowest BCUT2D eigenvalue weighted by atomic mass is 9.98. The van der Waals surface area contributed by atoms with Gasteiger partial charge in [0.2, 0.25) is 0 Å². The van der Waals surface area contributed by atoms with Gasteiger partial charge in [-0.15, -0.1) is 0 Å². The van der Waals surface area contributed by atoms with E-state index in [0.29, 0.717) is 11.9 Å². The maximum Gasteiger partial charge on any atom is 0.354 e. The molecule has 5 heteroatoms. The Hall–Kier alpha value is -1.62. The van der Waals surface area contributed by atoms with Gasteiger partial charge in [-0.1, -0.05) is 25.3 Å². The molecule has 1 fully saturated rings. The van der Waals surface area contributed by atoms with Crippen molar-refractivity contribution < 1.29 is 14.6 Å². The lowest BCUT2D eigenvalue weighted by Crippen LogP contribution is -2.18. The summed E-state index contributed by atoms with van der Waals surface area (Å²) in [4.78, 5) is 14.8. The molecule has 0 radical (unpaired) electrons. The molecular weight excluding hydrogens is 256 g/mol. The van der Waals surface area contributed by atoms with Gasteiger partial charge in [0.05, 0.1) is 6.10 Å². The van der Waals surface area contributed by atoms with E-state index >= 15 is 0 Å². The zero-order chi connectivity index (χ0) is 14.2. The number of carbonyl (C=O) groups is 1. The first-order valence-corrected chi connectivity index (χ1v) is 7.31. The van der Waals surface area contributed by atoms with Crippen LogP contribution in [0.4, 0.5) is 5.82 Å². The molecule has 2 N–H and O–H groups in total. The molecule has 0 spiro atoms. The van der Waals surface area contributed by atoms with E-state index in [1.165, 1.54) is 38.2 Å². The Morgan fingerprint density at radius 2 is 2.15 bits per heavy atom. The quantitative estimate of drug-likeness (QED) is 0.750. The van der Waals surface area contributed by atoms with Crippen LogP contribution in [0.1, 0.15) is 49.0 Å². The number of aromatic carboxylic acids is 1. The summed E-state index contributed by atoms with van der Waals surface area (Å²) in [6, 6.07) is 4.95. The molecule has 0 aliphatic heterocycles. The first-order valence-electron chi connectivity index (χ1n) is 7.31. The molecule has 1 heterocycles. The van der Waals surface area contributed by atoms with E-state index in [4.69, 9.17) is 9.84 Å². The van der Waals surface area contributed by atoms with Crippen molar-refractivity contribution in [2.75, 3.05) is 18.5 Å². The molecule has 1 aromatic heterocycles. The molecule has 1 saturated carbocycles. The summed E-state index contributed by atoms with van der Waals surface area (Å²) in [6.07, 6.45) is 7.63. The Bertz CT molecular complexity index is 431. The topological polar surface area (TPSA) is 71.5 Å². The number of anilines is 1. The first-order chi connectivity index (χ1) is 9.75. The van der Waals surface area contributed by atoms with Crippen LogP contribution < -0.4 is 5.32 Å². The van der Waals surface area contributed by atoms with Crippen molar-refractivity contribution in [1.82, 2.24) is 4.98 Å². The zero-order valence-corrected chi connectivity index (χ0v) is 11.7. The Labute approximate surface area is 119 Å². The van der Waals surface area contributed by atoms with Crippen molar-refractivity contribution in [3.8, 4) is 0 Å². The van der Waals surface area contributed by atoms with E-state index in [1.807, 2.05) is 0 Å². The van der Waals surface area contributed by atoms with Gasteiger partial charge in [-0.3, -0.25) is 0 Å². The molecule has 1 aromatic rings. The highest BCUT2D eigenvalue weighted by atomic mass is 16.5. The molecule has 0 atom stereocenters. The second-order valence-electron chi connectivity index (χ2n) is 5.12. The predicted octanol–water partition coefficient (Wildman–Crippen LogP) is 2.93. The average molecular weight is 278 g/mol. The Balaban J connectivity index is 1.63. The number of ether oxygens (including phenoxy) is 1. The first kappa shape index (κ1) is 14.8. The summed E-state index contributed by atoms with van der Waals surface area (Å²) < 4.78 is 5.83. The van der Waals surface area contributed by atoms with E-state index in [-0.39, 0.29) is 5.69 Å². The van der Waals surface area contributed by atoms with Crippen LogP contribution >= 0.6 is 0 Å². The van der Waals surface area contributed by atoms with E-state index in [9.17, 15) is 4.79 Å². The summed E-state index contributed by atoms with van der Waals surface area (Å²) in [5, 5.41) is 12.0. The Morgan fingerprint density at radius 3 is 2.90 bits per heavy atom. The molecule has 5 nitrogen and oxygen atoms in total. The van der Waals surface area contributed by atoms with Gasteiger partial charge in [-0.25, -0.2) is 9.78 Å². The molecule has 1 aliphatic carbocycles. The predicted molar refractivity (Wildman–Crippen MR) is 77.1 cm³/mol. The summed E-state index contributed by atoms with van der Waals surface area (Å²) in [5.41, 5.74) is 0.0634. The largest absolute Gasteiger partial charge is 0.477 e. The van der Waals surface area contributed by atoms with Gasteiger partial charge in [0.15, 0.2) is 5.69 Å². The summed E-state index contributed by atoms with van der Waals surface area (Å²) >= 11 is 0. The summed E-state index contributed by atoms with van der Waals surface area (Å²) in [7, 11) is 0. The summed E-state index contributed by atoms with van der Waals surface area (Å²) in [6.45, 7) is 1.49. The van der Waals surface area contributed by atoms with E-state index < -0.39 is 5.97 Å². The standard InChI is InChI=1S/C15H22N2O3/c18-15(19)13-8-4-9-14(17-13)16-10-5-11-20-12-6-2-1-3-7-12/h4,8-9,12H,1-3,5-7,10-11H2,(H,16,17)(H,18,19). The molecule has 20 heavy (non-hydrogen) atoms. The highest BCUT2D eigenvalue weighted by Gasteiger charge is 2.12. The average Bonchev–Trinajstić information content (AvgIpc) is 2.48. The number of pyridine rings is 1. The molecule has 0 bridgehead atoms. The number of nitrogens with zero attached hydrogens (tertiary/aromatic N) is 1. The van der Waals surface area contributed by atoms with Crippen molar-refractivity contribution in [2.24, 2.45) is 0 Å². The van der Waals surface area contributed by atoms with Gasteiger partial charge < -0.3 is 15.2 Å². The van der Waals surface area contributed by atoms with Crippen molar-refractivity contribution in [2.45, 2.75) is 44.6 Å². The number of carboxylic acids is 1. The second kappa shape index (κ2) is 7.85. The maximum absolute atomic E-state index is 10.8. The fourth-order valence-electron chi connectivity index (χ4n) is 2.42.